The van der Waals surface area contributed by atoms with E-state index in [0.717, 1.165) is 10.2 Å². The lowest BCUT2D eigenvalue weighted by molar-refractivity contribution is 0.627. The van der Waals surface area contributed by atoms with Crippen LogP contribution < -0.4 is 10.9 Å². The van der Waals surface area contributed by atoms with Crippen LogP contribution in [0.15, 0.2) is 59.6 Å². The van der Waals surface area contributed by atoms with Crippen LogP contribution in [-0.4, -0.2) is 29.5 Å². The number of aromatic amines is 1. The predicted molar refractivity (Wildman–Crippen MR) is 115 cm³/mol. The van der Waals surface area contributed by atoms with E-state index < -0.39 is 6.04 Å². The Morgan fingerprint density at radius 3 is 2.73 bits per heavy atom. The summed E-state index contributed by atoms with van der Waals surface area (Å²) in [5.74, 6) is 7.28. The van der Waals surface area contributed by atoms with Crippen LogP contribution in [0.4, 0.5) is 10.2 Å². The number of nitrogens with zero attached hydrogens (tertiary/aromatic N) is 6. The quantitative estimate of drug-likeness (QED) is 0.306. The second-order valence-corrected chi connectivity index (χ2v) is 7.71. The van der Waals surface area contributed by atoms with Gasteiger partial charge in [-0.3, -0.25) is 9.58 Å². The molecule has 2 aromatic carbocycles. The summed E-state index contributed by atoms with van der Waals surface area (Å²) >= 11 is 3.45. The largest absolute Gasteiger partial charge is 0.340 e. The zero-order chi connectivity index (χ0) is 20.8. The van der Waals surface area contributed by atoms with Gasteiger partial charge in [0.15, 0.2) is 11.5 Å². The Hall–Kier alpha value is -3.37. The number of anilines is 1. The van der Waals surface area contributed by atoms with Gasteiger partial charge >= 0.3 is 0 Å². The third kappa shape index (κ3) is 3.01. The number of nitrogens with two attached hydrogens (primary N) is 1. The number of H-pyrrole nitrogens is 1. The molecular weight excluding hydrogens is 451 g/mol. The van der Waals surface area contributed by atoms with Gasteiger partial charge in [-0.2, -0.15) is 0 Å². The van der Waals surface area contributed by atoms with Crippen molar-refractivity contribution in [2.75, 3.05) is 5.01 Å². The molecule has 1 atom stereocenters. The number of rotatable bonds is 4. The average molecular weight is 467 g/mol. The summed E-state index contributed by atoms with van der Waals surface area (Å²) in [5, 5.41) is 1.51. The molecule has 0 radical (unpaired) electrons. The molecule has 3 N–H and O–H groups in total. The minimum Gasteiger partial charge on any atom is -0.340 e. The number of fused-ring (bicyclic) bond motifs is 2. The first-order valence-corrected chi connectivity index (χ1v) is 9.94. The van der Waals surface area contributed by atoms with Crippen LogP contribution >= 0.6 is 15.9 Å². The number of aromatic nitrogens is 6. The molecular formula is C20H16BrFN8. The molecule has 10 heteroatoms. The number of hydrazine groups is 1. The van der Waals surface area contributed by atoms with Crippen molar-refractivity contribution >= 4 is 43.9 Å². The molecule has 0 saturated carbocycles. The van der Waals surface area contributed by atoms with Crippen molar-refractivity contribution in [2.24, 2.45) is 5.84 Å². The van der Waals surface area contributed by atoms with Crippen LogP contribution in [0.25, 0.3) is 27.9 Å². The maximum absolute atomic E-state index is 14.1. The van der Waals surface area contributed by atoms with Crippen molar-refractivity contribution in [3.8, 4) is 5.69 Å². The van der Waals surface area contributed by atoms with E-state index in [-0.39, 0.29) is 5.82 Å². The van der Waals surface area contributed by atoms with Crippen molar-refractivity contribution in [3.05, 3.63) is 71.2 Å². The predicted octanol–water partition coefficient (Wildman–Crippen LogP) is 4.03. The third-order valence-electron chi connectivity index (χ3n) is 4.97. The summed E-state index contributed by atoms with van der Waals surface area (Å²) in [4.78, 5) is 20.4. The Labute approximate surface area is 178 Å². The second kappa shape index (κ2) is 7.15. The van der Waals surface area contributed by atoms with Crippen LogP contribution in [0.5, 0.6) is 0 Å². The van der Waals surface area contributed by atoms with Gasteiger partial charge in [-0.05, 0) is 43.3 Å². The lowest BCUT2D eigenvalue weighted by atomic mass is 10.2. The maximum atomic E-state index is 14.1. The fourth-order valence-electron chi connectivity index (χ4n) is 3.46. The van der Waals surface area contributed by atoms with E-state index in [2.05, 4.69) is 35.9 Å². The van der Waals surface area contributed by atoms with Crippen LogP contribution in [-0.2, 0) is 0 Å². The highest BCUT2D eigenvalue weighted by molar-refractivity contribution is 9.10. The number of halogens is 2. The number of benzene rings is 2. The van der Waals surface area contributed by atoms with Crippen LogP contribution in [0.2, 0.25) is 0 Å². The molecule has 0 aliphatic carbocycles. The summed E-state index contributed by atoms with van der Waals surface area (Å²) in [7, 11) is 0. The highest BCUT2D eigenvalue weighted by atomic mass is 79.9. The Kier molecular flexibility index (Phi) is 4.44. The van der Waals surface area contributed by atoms with Crippen molar-refractivity contribution < 1.29 is 4.39 Å². The minimum atomic E-state index is -0.398. The number of hydrogen-bond donors (Lipinski definition) is 2. The molecule has 150 valence electrons. The summed E-state index contributed by atoms with van der Waals surface area (Å²) in [5.41, 5.74) is 3.32. The van der Waals surface area contributed by atoms with Crippen LogP contribution in [0, 0.1) is 5.82 Å². The van der Waals surface area contributed by atoms with Gasteiger partial charge in [-0.15, -0.1) is 0 Å². The van der Waals surface area contributed by atoms with Crippen molar-refractivity contribution in [1.82, 2.24) is 29.5 Å². The fraction of sp³-hybridized carbons (Fsp3) is 0.100. The smallest absolute Gasteiger partial charge is 0.182 e. The molecule has 0 saturated heterocycles. The third-order valence-corrected chi connectivity index (χ3v) is 5.49. The monoisotopic (exact) mass is 466 g/mol. The molecule has 0 amide bonds. The molecule has 0 spiro atoms. The molecule has 3 heterocycles. The lowest BCUT2D eigenvalue weighted by Gasteiger charge is -2.25. The first kappa shape index (κ1) is 18.6. The van der Waals surface area contributed by atoms with Gasteiger partial charge in [0, 0.05) is 16.2 Å². The van der Waals surface area contributed by atoms with E-state index in [1.807, 2.05) is 35.8 Å². The van der Waals surface area contributed by atoms with E-state index in [1.165, 1.54) is 23.5 Å². The summed E-state index contributed by atoms with van der Waals surface area (Å²) in [6, 6.07) is 11.9. The van der Waals surface area contributed by atoms with E-state index in [1.54, 1.807) is 12.4 Å². The standard InChI is InChI=1S/C20H16BrFN8/c1-11(30(23)20-17-18(25-9-24-17)26-10-27-20)19-28-15-7-4-13(22)8-16(15)29(19)14-5-2-12(21)3-6-14/h2-11H,23H2,1H3,(H,24,25,26,27). The molecule has 0 aliphatic heterocycles. The highest BCUT2D eigenvalue weighted by Crippen LogP contribution is 2.31. The topological polar surface area (TPSA) is 102 Å². The molecule has 0 bridgehead atoms. The first-order chi connectivity index (χ1) is 14.5. The Morgan fingerprint density at radius 1 is 1.13 bits per heavy atom. The molecule has 3 aromatic heterocycles. The van der Waals surface area contributed by atoms with Crippen LogP contribution in [0.1, 0.15) is 18.8 Å². The van der Waals surface area contributed by atoms with Gasteiger partial charge in [0.1, 0.15) is 29.5 Å². The van der Waals surface area contributed by atoms with Crippen molar-refractivity contribution in [2.45, 2.75) is 13.0 Å². The molecule has 1 unspecified atom stereocenters. The zero-order valence-electron chi connectivity index (χ0n) is 15.8. The highest BCUT2D eigenvalue weighted by Gasteiger charge is 2.25. The van der Waals surface area contributed by atoms with Crippen LogP contribution in [0.3, 0.4) is 0 Å². The Bertz CT molecular complexity index is 1360. The SMILES string of the molecule is CC(c1nc2ccc(F)cc2n1-c1ccc(Br)cc1)N(N)c1ncnc2nc[nH]c12. The van der Waals surface area contributed by atoms with E-state index >= 15 is 0 Å². The number of imidazole rings is 2. The molecule has 0 aliphatic rings. The molecule has 30 heavy (non-hydrogen) atoms. The second-order valence-electron chi connectivity index (χ2n) is 6.80. The normalized spacial score (nSPS) is 12.5. The van der Waals surface area contributed by atoms with Gasteiger partial charge in [0.05, 0.1) is 17.4 Å². The Balaban J connectivity index is 1.69. The van der Waals surface area contributed by atoms with E-state index in [0.29, 0.717) is 33.8 Å². The fourth-order valence-corrected chi connectivity index (χ4v) is 3.73. The van der Waals surface area contributed by atoms with Crippen molar-refractivity contribution in [1.29, 1.82) is 0 Å². The van der Waals surface area contributed by atoms with Gasteiger partial charge in [-0.25, -0.2) is 30.2 Å². The first-order valence-electron chi connectivity index (χ1n) is 9.15. The molecule has 5 aromatic rings. The molecule has 0 fully saturated rings. The maximum Gasteiger partial charge on any atom is 0.182 e. The molecule has 5 rings (SSSR count). The number of hydrogen-bond acceptors (Lipinski definition) is 6. The van der Waals surface area contributed by atoms with Crippen molar-refractivity contribution in [3.63, 3.8) is 0 Å². The Morgan fingerprint density at radius 2 is 1.93 bits per heavy atom. The van der Waals surface area contributed by atoms with Gasteiger partial charge in [0.25, 0.3) is 0 Å². The van der Waals surface area contributed by atoms with E-state index in [4.69, 9.17) is 10.8 Å². The van der Waals surface area contributed by atoms with E-state index in [9.17, 15) is 4.39 Å². The number of nitrogens with one attached hydrogen (secondary N) is 1. The molecule has 8 nitrogen and oxygen atoms in total. The average Bonchev–Trinajstić information content (AvgIpc) is 3.37. The van der Waals surface area contributed by atoms with Gasteiger partial charge in [0.2, 0.25) is 0 Å². The van der Waals surface area contributed by atoms with Gasteiger partial charge < -0.3 is 4.98 Å². The lowest BCUT2D eigenvalue weighted by Crippen LogP contribution is -2.36. The minimum absolute atomic E-state index is 0.334. The zero-order valence-corrected chi connectivity index (χ0v) is 17.4. The summed E-state index contributed by atoms with van der Waals surface area (Å²) in [6.45, 7) is 1.91. The summed E-state index contributed by atoms with van der Waals surface area (Å²) in [6.07, 6.45) is 2.96. The van der Waals surface area contributed by atoms with Gasteiger partial charge in [-0.1, -0.05) is 15.9 Å². The summed E-state index contributed by atoms with van der Waals surface area (Å²) < 4.78 is 16.9.